The lowest BCUT2D eigenvalue weighted by molar-refractivity contribution is -0.138. The molecule has 1 N–H and O–H groups in total. The lowest BCUT2D eigenvalue weighted by Crippen LogP contribution is -2.09. The van der Waals surface area contributed by atoms with Crippen LogP contribution in [0.1, 0.15) is 18.9 Å². The minimum Gasteiger partial charge on any atom is -0.466 e. The number of nitrogens with one attached hydrogen (secondary N) is 1. The first-order valence-corrected chi connectivity index (χ1v) is 6.96. The van der Waals surface area contributed by atoms with Crippen LogP contribution in [0.5, 0.6) is 0 Å². The standard InChI is InChI=1S/C14H15BrF3NO2/c1-3-9(13(20)21-2)4-5-19-12-7-10(14(16,17)18)6-11(15)8-12/h4,6-8,19H,3,5H2,1-2H3/b9-4-. The molecule has 0 fully saturated rings. The number of hydrogen-bond acceptors (Lipinski definition) is 3. The molecule has 0 aliphatic heterocycles. The van der Waals surface area contributed by atoms with Crippen LogP contribution in [-0.2, 0) is 15.7 Å². The van der Waals surface area contributed by atoms with Crippen LogP contribution in [0.15, 0.2) is 34.3 Å². The number of benzene rings is 1. The topological polar surface area (TPSA) is 38.3 Å². The minimum absolute atomic E-state index is 0.228. The molecule has 0 bridgehead atoms. The molecule has 21 heavy (non-hydrogen) atoms. The molecule has 3 nitrogen and oxygen atoms in total. The van der Waals surface area contributed by atoms with E-state index < -0.39 is 17.7 Å². The zero-order chi connectivity index (χ0) is 16.0. The molecule has 0 heterocycles. The Morgan fingerprint density at radius 1 is 1.38 bits per heavy atom. The molecule has 1 aromatic carbocycles. The first-order valence-electron chi connectivity index (χ1n) is 6.17. The monoisotopic (exact) mass is 365 g/mol. The van der Waals surface area contributed by atoms with E-state index in [2.05, 4.69) is 26.0 Å². The van der Waals surface area contributed by atoms with Gasteiger partial charge in [0.05, 0.1) is 12.7 Å². The molecule has 0 aliphatic rings. The number of anilines is 1. The molecule has 1 rings (SSSR count). The van der Waals surface area contributed by atoms with E-state index in [-0.39, 0.29) is 6.54 Å². The zero-order valence-electron chi connectivity index (χ0n) is 11.6. The van der Waals surface area contributed by atoms with Crippen LogP contribution < -0.4 is 5.32 Å². The third-order valence-corrected chi connectivity index (χ3v) is 3.17. The Morgan fingerprint density at radius 2 is 2.05 bits per heavy atom. The lowest BCUT2D eigenvalue weighted by atomic mass is 10.2. The first-order chi connectivity index (χ1) is 9.77. The predicted octanol–water partition coefficient (Wildman–Crippen LogP) is 4.39. The highest BCUT2D eigenvalue weighted by atomic mass is 79.9. The Balaban J connectivity index is 2.83. The Morgan fingerprint density at radius 3 is 2.57 bits per heavy atom. The second-order valence-corrected chi connectivity index (χ2v) is 5.10. The Labute approximate surface area is 129 Å². The van der Waals surface area contributed by atoms with E-state index in [0.717, 1.165) is 12.1 Å². The van der Waals surface area contributed by atoms with Gasteiger partial charge in [0.2, 0.25) is 0 Å². The Kier molecular flexibility index (Phi) is 6.26. The van der Waals surface area contributed by atoms with Crippen molar-refractivity contribution in [2.45, 2.75) is 19.5 Å². The number of carbonyl (C=O) groups excluding carboxylic acids is 1. The molecule has 0 aliphatic carbocycles. The van der Waals surface area contributed by atoms with E-state index in [0.29, 0.717) is 22.2 Å². The zero-order valence-corrected chi connectivity index (χ0v) is 13.1. The van der Waals surface area contributed by atoms with E-state index in [1.165, 1.54) is 13.2 Å². The van der Waals surface area contributed by atoms with Gasteiger partial charge in [-0.2, -0.15) is 13.2 Å². The summed E-state index contributed by atoms with van der Waals surface area (Å²) in [6, 6.07) is 3.56. The van der Waals surface area contributed by atoms with Crippen LogP contribution in [0.25, 0.3) is 0 Å². The van der Waals surface area contributed by atoms with Gasteiger partial charge in [-0.05, 0) is 24.6 Å². The smallest absolute Gasteiger partial charge is 0.416 e. The highest BCUT2D eigenvalue weighted by molar-refractivity contribution is 9.10. The van der Waals surface area contributed by atoms with Crippen LogP contribution in [0.2, 0.25) is 0 Å². The van der Waals surface area contributed by atoms with Crippen molar-refractivity contribution in [2.24, 2.45) is 0 Å². The normalized spacial score (nSPS) is 12.2. The number of esters is 1. The fraction of sp³-hybridized carbons (Fsp3) is 0.357. The van der Waals surface area contributed by atoms with Gasteiger partial charge in [-0.15, -0.1) is 0 Å². The van der Waals surface area contributed by atoms with Crippen LogP contribution >= 0.6 is 15.9 Å². The number of methoxy groups -OCH3 is 1. The summed E-state index contributed by atoms with van der Waals surface area (Å²) in [5.41, 5.74) is 0.0383. The molecule has 0 saturated heterocycles. The van der Waals surface area contributed by atoms with Crippen LogP contribution in [0, 0.1) is 0 Å². The highest BCUT2D eigenvalue weighted by Crippen LogP contribution is 2.33. The predicted molar refractivity (Wildman–Crippen MR) is 78.0 cm³/mol. The average molecular weight is 366 g/mol. The van der Waals surface area contributed by atoms with Gasteiger partial charge in [0.25, 0.3) is 0 Å². The number of ether oxygens (including phenoxy) is 1. The van der Waals surface area contributed by atoms with Crippen molar-refractivity contribution in [1.29, 1.82) is 0 Å². The van der Waals surface area contributed by atoms with Crippen LogP contribution in [0.4, 0.5) is 18.9 Å². The molecule has 7 heteroatoms. The number of alkyl halides is 3. The number of halogens is 4. The molecular formula is C14H15BrF3NO2. The third-order valence-electron chi connectivity index (χ3n) is 2.71. The summed E-state index contributed by atoms with van der Waals surface area (Å²) in [7, 11) is 1.28. The van der Waals surface area contributed by atoms with Gasteiger partial charge >= 0.3 is 12.1 Å². The van der Waals surface area contributed by atoms with Gasteiger partial charge in [-0.25, -0.2) is 4.79 Å². The molecule has 0 atom stereocenters. The molecular weight excluding hydrogens is 351 g/mol. The lowest BCUT2D eigenvalue weighted by Gasteiger charge is -2.11. The molecule has 1 aromatic rings. The van der Waals surface area contributed by atoms with Gasteiger partial charge in [-0.3, -0.25) is 0 Å². The first kappa shape index (κ1) is 17.6. The van der Waals surface area contributed by atoms with Gasteiger partial charge < -0.3 is 10.1 Å². The van der Waals surface area contributed by atoms with Crippen molar-refractivity contribution in [3.63, 3.8) is 0 Å². The molecule has 0 saturated carbocycles. The van der Waals surface area contributed by atoms with Crippen molar-refractivity contribution in [2.75, 3.05) is 19.0 Å². The third kappa shape index (κ3) is 5.41. The van der Waals surface area contributed by atoms with Crippen LogP contribution in [-0.4, -0.2) is 19.6 Å². The largest absolute Gasteiger partial charge is 0.466 e. The molecule has 0 aromatic heterocycles. The highest BCUT2D eigenvalue weighted by Gasteiger charge is 2.31. The summed E-state index contributed by atoms with van der Waals surface area (Å²) in [4.78, 5) is 11.4. The molecule has 116 valence electrons. The molecule has 0 spiro atoms. The SMILES string of the molecule is CC/C(=C/CNc1cc(Br)cc(C(F)(F)F)c1)C(=O)OC. The van der Waals surface area contributed by atoms with E-state index in [4.69, 9.17) is 0 Å². The minimum atomic E-state index is -4.41. The molecule has 0 unspecified atom stereocenters. The maximum absolute atomic E-state index is 12.7. The van der Waals surface area contributed by atoms with Gasteiger partial charge in [0.1, 0.15) is 0 Å². The fourth-order valence-electron chi connectivity index (χ4n) is 1.65. The Bertz CT molecular complexity index is 542. The van der Waals surface area contributed by atoms with E-state index >= 15 is 0 Å². The quantitative estimate of drug-likeness (QED) is 0.621. The second kappa shape index (κ2) is 7.49. The summed E-state index contributed by atoms with van der Waals surface area (Å²) in [5.74, 6) is -0.440. The Hall–Kier alpha value is -1.50. The average Bonchev–Trinajstić information content (AvgIpc) is 2.41. The fourth-order valence-corrected chi connectivity index (χ4v) is 2.14. The summed E-state index contributed by atoms with van der Waals surface area (Å²) >= 11 is 3.04. The van der Waals surface area contributed by atoms with E-state index in [1.807, 2.05) is 0 Å². The number of carbonyl (C=O) groups is 1. The van der Waals surface area contributed by atoms with Gasteiger partial charge in [0.15, 0.2) is 0 Å². The summed E-state index contributed by atoms with van der Waals surface area (Å²) in [5, 5.41) is 2.83. The van der Waals surface area contributed by atoms with Crippen molar-refractivity contribution in [3.8, 4) is 0 Å². The van der Waals surface area contributed by atoms with E-state index in [9.17, 15) is 18.0 Å². The van der Waals surface area contributed by atoms with Crippen molar-refractivity contribution in [1.82, 2.24) is 0 Å². The van der Waals surface area contributed by atoms with Gasteiger partial charge in [0, 0.05) is 22.3 Å². The summed E-state index contributed by atoms with van der Waals surface area (Å²) < 4.78 is 43.0. The number of hydrogen-bond donors (Lipinski definition) is 1. The summed E-state index contributed by atoms with van der Waals surface area (Å²) in [6.07, 6.45) is -2.32. The second-order valence-electron chi connectivity index (χ2n) is 4.18. The van der Waals surface area contributed by atoms with E-state index in [1.54, 1.807) is 13.0 Å². The number of rotatable bonds is 5. The van der Waals surface area contributed by atoms with Crippen LogP contribution in [0.3, 0.4) is 0 Å². The maximum atomic E-state index is 12.7. The molecule has 0 radical (unpaired) electrons. The van der Waals surface area contributed by atoms with Crippen molar-refractivity contribution >= 4 is 27.6 Å². The maximum Gasteiger partial charge on any atom is 0.416 e. The molecule has 0 amide bonds. The van der Waals surface area contributed by atoms with Crippen molar-refractivity contribution < 1.29 is 22.7 Å². The van der Waals surface area contributed by atoms with Gasteiger partial charge in [-0.1, -0.05) is 28.9 Å². The van der Waals surface area contributed by atoms with Crippen molar-refractivity contribution in [3.05, 3.63) is 39.9 Å². The summed E-state index contributed by atoms with van der Waals surface area (Å²) in [6.45, 7) is 2.02.